The average molecular weight is 558 g/mol. The van der Waals surface area contributed by atoms with Crippen LogP contribution in [0.1, 0.15) is 13.3 Å². The molecule has 0 fully saturated rings. The molecule has 0 aliphatic carbocycles. The van der Waals surface area contributed by atoms with E-state index in [-0.39, 0.29) is 0 Å². The molecule has 1 aromatic rings. The summed E-state index contributed by atoms with van der Waals surface area (Å²) in [6.07, 6.45) is -0.319. The Kier molecular flexibility index (Phi) is 6.05. The minimum atomic E-state index is -0.925. The van der Waals surface area contributed by atoms with Crippen LogP contribution in [0, 0.1) is 10.7 Å². The standard InChI is InChI=1S/C10H9I3O3/c1-2-8(10(14)15)16-5-3-6(11)9(13)7(12)4-5/h3-4,8H,2H2,1H3,(H,14,15). The van der Waals surface area contributed by atoms with Gasteiger partial charge in [0.15, 0.2) is 6.10 Å². The highest BCUT2D eigenvalue weighted by Gasteiger charge is 2.17. The van der Waals surface area contributed by atoms with Gasteiger partial charge in [0.2, 0.25) is 0 Å². The number of carboxylic acid groups (broad SMARTS) is 1. The highest BCUT2D eigenvalue weighted by Crippen LogP contribution is 2.27. The minimum Gasteiger partial charge on any atom is -0.479 e. The molecule has 0 bridgehead atoms. The molecular formula is C10H9I3O3. The molecule has 0 radical (unpaired) electrons. The monoisotopic (exact) mass is 558 g/mol. The van der Waals surface area contributed by atoms with Crippen molar-refractivity contribution < 1.29 is 14.6 Å². The molecule has 0 spiro atoms. The molecule has 0 aliphatic rings. The Morgan fingerprint density at radius 3 is 2.25 bits per heavy atom. The summed E-state index contributed by atoms with van der Waals surface area (Å²) in [5.41, 5.74) is 0. The quantitative estimate of drug-likeness (QED) is 0.453. The molecule has 0 saturated heterocycles. The first-order chi connectivity index (χ1) is 7.45. The highest BCUT2D eigenvalue weighted by molar-refractivity contribution is 14.1. The van der Waals surface area contributed by atoms with E-state index in [1.54, 1.807) is 6.92 Å². The normalized spacial score (nSPS) is 12.2. The second-order valence-corrected chi connectivity index (χ2v) is 6.46. The van der Waals surface area contributed by atoms with Crippen molar-refractivity contribution in [2.24, 2.45) is 0 Å². The Bertz CT molecular complexity index is 383. The van der Waals surface area contributed by atoms with Gasteiger partial charge in [0, 0.05) is 10.7 Å². The highest BCUT2D eigenvalue weighted by atomic mass is 127. The Morgan fingerprint density at radius 1 is 1.38 bits per heavy atom. The van der Waals surface area contributed by atoms with E-state index in [1.165, 1.54) is 0 Å². The maximum atomic E-state index is 10.8. The predicted octanol–water partition coefficient (Wildman–Crippen LogP) is 3.74. The van der Waals surface area contributed by atoms with E-state index in [4.69, 9.17) is 9.84 Å². The molecule has 1 rings (SSSR count). The molecule has 16 heavy (non-hydrogen) atoms. The van der Waals surface area contributed by atoms with Crippen molar-refractivity contribution in [3.8, 4) is 5.75 Å². The van der Waals surface area contributed by atoms with Crippen molar-refractivity contribution in [2.45, 2.75) is 19.4 Å². The lowest BCUT2D eigenvalue weighted by Crippen LogP contribution is -2.26. The Hall–Kier alpha value is 0.680. The van der Waals surface area contributed by atoms with Crippen LogP contribution in [0.2, 0.25) is 0 Å². The van der Waals surface area contributed by atoms with E-state index in [2.05, 4.69) is 67.8 Å². The van der Waals surface area contributed by atoms with Crippen LogP contribution in [0.25, 0.3) is 0 Å². The number of benzene rings is 1. The summed E-state index contributed by atoms with van der Waals surface area (Å²) >= 11 is 6.68. The number of ether oxygens (including phenoxy) is 1. The summed E-state index contributed by atoms with van der Waals surface area (Å²) < 4.78 is 8.73. The first-order valence-corrected chi connectivity index (χ1v) is 7.73. The maximum absolute atomic E-state index is 10.8. The number of carbonyl (C=O) groups is 1. The SMILES string of the molecule is CCC(Oc1cc(I)c(I)c(I)c1)C(=O)O. The zero-order valence-corrected chi connectivity index (χ0v) is 14.8. The molecule has 1 unspecified atom stereocenters. The van der Waals surface area contributed by atoms with Crippen molar-refractivity contribution in [2.75, 3.05) is 0 Å². The molecule has 0 aromatic heterocycles. The predicted molar refractivity (Wildman–Crippen MR) is 86.9 cm³/mol. The largest absolute Gasteiger partial charge is 0.479 e. The van der Waals surface area contributed by atoms with Gasteiger partial charge in [-0.1, -0.05) is 6.92 Å². The molecule has 88 valence electrons. The van der Waals surface area contributed by atoms with E-state index in [0.717, 1.165) is 10.7 Å². The summed E-state index contributed by atoms with van der Waals surface area (Å²) in [7, 11) is 0. The van der Waals surface area contributed by atoms with E-state index in [9.17, 15) is 4.79 Å². The maximum Gasteiger partial charge on any atom is 0.344 e. The zero-order chi connectivity index (χ0) is 12.3. The first kappa shape index (κ1) is 14.7. The fraction of sp³-hybridized carbons (Fsp3) is 0.300. The van der Waals surface area contributed by atoms with Crippen LogP contribution in [0.3, 0.4) is 0 Å². The van der Waals surface area contributed by atoms with Crippen LogP contribution in [-0.2, 0) is 4.79 Å². The Balaban J connectivity index is 2.93. The summed E-state index contributed by atoms with van der Waals surface area (Å²) in [6, 6.07) is 3.71. The van der Waals surface area contributed by atoms with Gasteiger partial charge in [0.25, 0.3) is 0 Å². The van der Waals surface area contributed by atoms with Gasteiger partial charge < -0.3 is 9.84 Å². The van der Waals surface area contributed by atoms with E-state index < -0.39 is 12.1 Å². The second kappa shape index (κ2) is 6.57. The first-order valence-electron chi connectivity index (χ1n) is 4.49. The van der Waals surface area contributed by atoms with Gasteiger partial charge in [0.1, 0.15) is 5.75 Å². The second-order valence-electron chi connectivity index (χ2n) is 3.05. The summed E-state index contributed by atoms with van der Waals surface area (Å²) in [6.45, 7) is 1.79. The van der Waals surface area contributed by atoms with Gasteiger partial charge in [-0.2, -0.15) is 0 Å². The fourth-order valence-corrected chi connectivity index (χ4v) is 3.10. The van der Waals surface area contributed by atoms with Gasteiger partial charge in [-0.05, 0) is 86.3 Å². The molecule has 3 nitrogen and oxygen atoms in total. The van der Waals surface area contributed by atoms with Crippen molar-refractivity contribution in [3.05, 3.63) is 22.8 Å². The van der Waals surface area contributed by atoms with E-state index in [1.807, 2.05) is 12.1 Å². The Labute approximate surface area is 135 Å². The van der Waals surface area contributed by atoms with Crippen molar-refractivity contribution in [1.82, 2.24) is 0 Å². The van der Waals surface area contributed by atoms with Crippen molar-refractivity contribution in [3.63, 3.8) is 0 Å². The van der Waals surface area contributed by atoms with Gasteiger partial charge >= 0.3 is 5.97 Å². The van der Waals surface area contributed by atoms with Gasteiger partial charge in [-0.15, -0.1) is 0 Å². The third kappa shape index (κ3) is 3.86. The number of hydrogen-bond acceptors (Lipinski definition) is 2. The van der Waals surface area contributed by atoms with Crippen LogP contribution in [0.5, 0.6) is 5.75 Å². The molecule has 1 N–H and O–H groups in total. The molecule has 6 heteroatoms. The molecule has 0 aliphatic heterocycles. The number of aliphatic carboxylic acids is 1. The molecule has 1 atom stereocenters. The number of rotatable bonds is 4. The number of halogens is 3. The van der Waals surface area contributed by atoms with Crippen LogP contribution in [-0.4, -0.2) is 17.2 Å². The van der Waals surface area contributed by atoms with Crippen LogP contribution < -0.4 is 4.74 Å². The van der Waals surface area contributed by atoms with Gasteiger partial charge in [-0.3, -0.25) is 0 Å². The van der Waals surface area contributed by atoms with E-state index >= 15 is 0 Å². The van der Waals surface area contributed by atoms with E-state index in [0.29, 0.717) is 12.2 Å². The fourth-order valence-electron chi connectivity index (χ4n) is 1.07. The van der Waals surface area contributed by atoms with Crippen molar-refractivity contribution >= 4 is 73.7 Å². The molecule has 0 saturated carbocycles. The summed E-state index contributed by atoms with van der Waals surface area (Å²) in [5.74, 6) is -0.311. The average Bonchev–Trinajstić information content (AvgIpc) is 2.21. The number of carboxylic acids is 1. The number of hydrogen-bond donors (Lipinski definition) is 1. The van der Waals surface area contributed by atoms with Crippen LogP contribution >= 0.6 is 67.8 Å². The molecular weight excluding hydrogens is 549 g/mol. The lowest BCUT2D eigenvalue weighted by Gasteiger charge is -2.14. The third-order valence-corrected chi connectivity index (χ3v) is 6.81. The van der Waals surface area contributed by atoms with Gasteiger partial charge in [0.05, 0.1) is 0 Å². The molecule has 0 amide bonds. The topological polar surface area (TPSA) is 46.5 Å². The smallest absolute Gasteiger partial charge is 0.344 e. The lowest BCUT2D eigenvalue weighted by molar-refractivity contribution is -0.145. The summed E-state index contributed by atoms with van der Waals surface area (Å²) in [5, 5.41) is 8.90. The molecule has 1 aromatic carbocycles. The zero-order valence-electron chi connectivity index (χ0n) is 8.34. The van der Waals surface area contributed by atoms with Crippen LogP contribution in [0.4, 0.5) is 0 Å². The lowest BCUT2D eigenvalue weighted by atomic mass is 10.3. The minimum absolute atomic E-state index is 0.453. The van der Waals surface area contributed by atoms with Crippen molar-refractivity contribution in [1.29, 1.82) is 0 Å². The summed E-state index contributed by atoms with van der Waals surface area (Å²) in [4.78, 5) is 10.8. The van der Waals surface area contributed by atoms with Gasteiger partial charge in [-0.25, -0.2) is 4.79 Å². The Morgan fingerprint density at radius 2 is 1.88 bits per heavy atom. The molecule has 0 heterocycles. The van der Waals surface area contributed by atoms with Crippen LogP contribution in [0.15, 0.2) is 12.1 Å². The third-order valence-electron chi connectivity index (χ3n) is 1.88.